The molecule has 0 aliphatic rings. The summed E-state index contributed by atoms with van der Waals surface area (Å²) in [5, 5.41) is 11.7. The van der Waals surface area contributed by atoms with E-state index >= 15 is 0 Å². The largest absolute Gasteiger partial charge is 0.478 e. The van der Waals surface area contributed by atoms with E-state index in [0.29, 0.717) is 5.56 Å². The first-order valence-electron chi connectivity index (χ1n) is 6.13. The van der Waals surface area contributed by atoms with E-state index in [-0.39, 0.29) is 11.3 Å². The number of halogens is 1. The second-order valence-corrected chi connectivity index (χ2v) is 5.62. The quantitative estimate of drug-likeness (QED) is 0.693. The Balaban J connectivity index is 2.22. The van der Waals surface area contributed by atoms with Crippen LogP contribution >= 0.6 is 22.6 Å². The molecule has 0 aliphatic carbocycles. The van der Waals surface area contributed by atoms with Gasteiger partial charge in [0.05, 0.1) is 11.3 Å². The van der Waals surface area contributed by atoms with Crippen LogP contribution in [0, 0.1) is 3.57 Å². The highest BCUT2D eigenvalue weighted by atomic mass is 127. The number of carbonyl (C=O) groups is 2. The molecule has 21 heavy (non-hydrogen) atoms. The van der Waals surface area contributed by atoms with Gasteiger partial charge in [-0.2, -0.15) is 0 Å². The summed E-state index contributed by atoms with van der Waals surface area (Å²) in [6.07, 6.45) is 0. The maximum absolute atomic E-state index is 12.1. The van der Waals surface area contributed by atoms with Crippen LogP contribution in [0.2, 0.25) is 0 Å². The van der Waals surface area contributed by atoms with Crippen LogP contribution in [0.4, 0.5) is 5.69 Å². The molecular weight excluding hydrogens is 383 g/mol. The molecule has 108 valence electrons. The predicted molar refractivity (Wildman–Crippen MR) is 88.1 cm³/mol. The number of nitrogens with two attached hydrogens (primary N) is 1. The monoisotopic (exact) mass is 396 g/mol. The maximum atomic E-state index is 12.1. The predicted octanol–water partition coefficient (Wildman–Crippen LogP) is 2.63. The summed E-state index contributed by atoms with van der Waals surface area (Å²) in [5.74, 6) is -1.55. The SMILES string of the molecule is N[C@H](C(=O)Nc1ccc(I)cc1C(=O)O)c1ccccc1. The van der Waals surface area contributed by atoms with Gasteiger partial charge in [-0.1, -0.05) is 30.3 Å². The molecule has 0 saturated heterocycles. The lowest BCUT2D eigenvalue weighted by atomic mass is 10.1. The van der Waals surface area contributed by atoms with Crippen molar-refractivity contribution >= 4 is 40.2 Å². The second kappa shape index (κ2) is 6.68. The van der Waals surface area contributed by atoms with Crippen LogP contribution in [0.25, 0.3) is 0 Å². The molecule has 2 rings (SSSR count). The number of carboxylic acids is 1. The van der Waals surface area contributed by atoms with Crippen LogP contribution in [0.3, 0.4) is 0 Å². The number of hydrogen-bond acceptors (Lipinski definition) is 3. The van der Waals surface area contributed by atoms with Crippen molar-refractivity contribution in [2.75, 3.05) is 5.32 Å². The highest BCUT2D eigenvalue weighted by Gasteiger charge is 2.18. The van der Waals surface area contributed by atoms with E-state index in [4.69, 9.17) is 5.73 Å². The number of hydrogen-bond donors (Lipinski definition) is 3. The average Bonchev–Trinajstić information content (AvgIpc) is 2.49. The lowest BCUT2D eigenvalue weighted by Crippen LogP contribution is -2.28. The van der Waals surface area contributed by atoms with Gasteiger partial charge in [-0.05, 0) is 46.4 Å². The minimum absolute atomic E-state index is 0.0375. The zero-order chi connectivity index (χ0) is 15.4. The molecule has 0 fully saturated rings. The Morgan fingerprint density at radius 3 is 2.43 bits per heavy atom. The first-order valence-corrected chi connectivity index (χ1v) is 7.21. The minimum Gasteiger partial charge on any atom is -0.478 e. The molecule has 6 heteroatoms. The van der Waals surface area contributed by atoms with E-state index in [1.807, 2.05) is 28.7 Å². The number of benzene rings is 2. The zero-order valence-corrected chi connectivity index (χ0v) is 13.1. The van der Waals surface area contributed by atoms with Crippen molar-refractivity contribution in [1.29, 1.82) is 0 Å². The third-order valence-electron chi connectivity index (χ3n) is 2.91. The van der Waals surface area contributed by atoms with Crippen LogP contribution in [-0.4, -0.2) is 17.0 Å². The van der Waals surface area contributed by atoms with Gasteiger partial charge in [0.15, 0.2) is 0 Å². The Labute approximate surface area is 135 Å². The van der Waals surface area contributed by atoms with Crippen molar-refractivity contribution in [3.8, 4) is 0 Å². The molecule has 0 bridgehead atoms. The van der Waals surface area contributed by atoms with E-state index in [1.165, 1.54) is 6.07 Å². The Bertz CT molecular complexity index is 674. The summed E-state index contributed by atoms with van der Waals surface area (Å²) in [6, 6.07) is 12.8. The van der Waals surface area contributed by atoms with Crippen LogP contribution in [0.1, 0.15) is 22.0 Å². The first kappa shape index (κ1) is 15.5. The van der Waals surface area contributed by atoms with E-state index < -0.39 is 17.9 Å². The van der Waals surface area contributed by atoms with Crippen molar-refractivity contribution < 1.29 is 14.7 Å². The van der Waals surface area contributed by atoms with Gasteiger partial charge < -0.3 is 16.2 Å². The Morgan fingerprint density at radius 1 is 1.14 bits per heavy atom. The Morgan fingerprint density at radius 2 is 1.81 bits per heavy atom. The fraction of sp³-hybridized carbons (Fsp3) is 0.0667. The number of carbonyl (C=O) groups excluding carboxylic acids is 1. The molecule has 4 N–H and O–H groups in total. The first-order chi connectivity index (χ1) is 9.99. The molecule has 0 radical (unpaired) electrons. The van der Waals surface area contributed by atoms with Crippen molar-refractivity contribution in [2.45, 2.75) is 6.04 Å². The summed E-state index contributed by atoms with van der Waals surface area (Å²) in [6.45, 7) is 0. The number of anilines is 1. The van der Waals surface area contributed by atoms with Gasteiger partial charge in [-0.3, -0.25) is 4.79 Å². The molecule has 0 unspecified atom stereocenters. The van der Waals surface area contributed by atoms with Crippen LogP contribution in [0.5, 0.6) is 0 Å². The fourth-order valence-corrected chi connectivity index (χ4v) is 2.32. The van der Waals surface area contributed by atoms with E-state index in [2.05, 4.69) is 5.32 Å². The van der Waals surface area contributed by atoms with Gasteiger partial charge in [0.25, 0.3) is 0 Å². The van der Waals surface area contributed by atoms with E-state index in [1.54, 1.807) is 36.4 Å². The summed E-state index contributed by atoms with van der Waals surface area (Å²) < 4.78 is 0.773. The van der Waals surface area contributed by atoms with Crippen molar-refractivity contribution in [3.63, 3.8) is 0 Å². The van der Waals surface area contributed by atoms with Crippen molar-refractivity contribution in [2.24, 2.45) is 5.73 Å². The van der Waals surface area contributed by atoms with Gasteiger partial charge in [-0.15, -0.1) is 0 Å². The van der Waals surface area contributed by atoms with E-state index in [0.717, 1.165) is 3.57 Å². The molecule has 2 aromatic carbocycles. The number of amides is 1. The third-order valence-corrected chi connectivity index (χ3v) is 3.58. The second-order valence-electron chi connectivity index (χ2n) is 4.37. The van der Waals surface area contributed by atoms with E-state index in [9.17, 15) is 14.7 Å². The summed E-state index contributed by atoms with van der Waals surface area (Å²) in [4.78, 5) is 23.4. The van der Waals surface area contributed by atoms with Gasteiger partial charge in [-0.25, -0.2) is 4.79 Å². The van der Waals surface area contributed by atoms with Crippen LogP contribution in [-0.2, 0) is 4.79 Å². The van der Waals surface area contributed by atoms with Gasteiger partial charge in [0.1, 0.15) is 6.04 Å². The molecule has 0 spiro atoms. The topological polar surface area (TPSA) is 92.4 Å². The Kier molecular flexibility index (Phi) is 4.92. The molecule has 0 heterocycles. The smallest absolute Gasteiger partial charge is 0.337 e. The molecule has 0 aliphatic heterocycles. The minimum atomic E-state index is -1.10. The van der Waals surface area contributed by atoms with Gasteiger partial charge in [0, 0.05) is 3.57 Å². The van der Waals surface area contributed by atoms with Crippen molar-refractivity contribution in [3.05, 3.63) is 63.2 Å². The van der Waals surface area contributed by atoms with Crippen molar-refractivity contribution in [1.82, 2.24) is 0 Å². The average molecular weight is 396 g/mol. The van der Waals surface area contributed by atoms with Crippen LogP contribution in [0.15, 0.2) is 48.5 Å². The summed E-state index contributed by atoms with van der Waals surface area (Å²) in [5.41, 5.74) is 6.82. The zero-order valence-electron chi connectivity index (χ0n) is 10.9. The van der Waals surface area contributed by atoms with Crippen LogP contribution < -0.4 is 11.1 Å². The molecule has 0 saturated carbocycles. The molecule has 2 aromatic rings. The number of nitrogens with one attached hydrogen (secondary N) is 1. The normalized spacial score (nSPS) is 11.7. The fourth-order valence-electron chi connectivity index (χ4n) is 1.82. The lowest BCUT2D eigenvalue weighted by Gasteiger charge is -2.14. The van der Waals surface area contributed by atoms with Gasteiger partial charge >= 0.3 is 5.97 Å². The highest BCUT2D eigenvalue weighted by molar-refractivity contribution is 14.1. The standard InChI is InChI=1S/C15H13IN2O3/c16-10-6-7-12(11(8-10)15(20)21)18-14(19)13(17)9-4-2-1-3-5-9/h1-8,13H,17H2,(H,18,19)(H,20,21)/t13-/m0/s1. The Hall–Kier alpha value is -1.93. The molecule has 1 amide bonds. The lowest BCUT2D eigenvalue weighted by molar-refractivity contribution is -0.117. The van der Waals surface area contributed by atoms with Gasteiger partial charge in [0.2, 0.25) is 5.91 Å². The molecule has 5 nitrogen and oxygen atoms in total. The molecule has 1 atom stereocenters. The molecule has 0 aromatic heterocycles. The highest BCUT2D eigenvalue weighted by Crippen LogP contribution is 2.20. The molecular formula is C15H13IN2O3. The number of carboxylic acid groups (broad SMARTS) is 1. The maximum Gasteiger partial charge on any atom is 0.337 e. The third kappa shape index (κ3) is 3.79. The number of aromatic carboxylic acids is 1. The summed E-state index contributed by atoms with van der Waals surface area (Å²) >= 11 is 2.01. The number of rotatable bonds is 4. The summed E-state index contributed by atoms with van der Waals surface area (Å²) in [7, 11) is 0.